The second-order valence-corrected chi connectivity index (χ2v) is 4.13. The molecular weight excluding hydrogens is 212 g/mol. The lowest BCUT2D eigenvalue weighted by molar-refractivity contribution is -0.145. The van der Waals surface area contributed by atoms with E-state index in [1.807, 2.05) is 4.90 Å². The van der Waals surface area contributed by atoms with Crippen molar-refractivity contribution < 1.29 is 19.8 Å². The first-order valence-electron chi connectivity index (χ1n) is 5.47. The van der Waals surface area contributed by atoms with Crippen LogP contribution in [0.1, 0.15) is 25.7 Å². The first kappa shape index (κ1) is 12.9. The molecule has 0 bridgehead atoms. The number of carboxylic acid groups (broad SMARTS) is 2. The number of hydrogen-bond acceptors (Lipinski definition) is 4. The Hall–Kier alpha value is -1.14. The largest absolute Gasteiger partial charge is 0.480 e. The van der Waals surface area contributed by atoms with E-state index in [9.17, 15) is 9.59 Å². The minimum Gasteiger partial charge on any atom is -0.480 e. The van der Waals surface area contributed by atoms with Gasteiger partial charge in [0, 0.05) is 0 Å². The molecule has 2 atom stereocenters. The first-order valence-corrected chi connectivity index (χ1v) is 5.47. The Morgan fingerprint density at radius 2 is 1.69 bits per heavy atom. The predicted octanol–water partition coefficient (Wildman–Crippen LogP) is -0.272. The monoisotopic (exact) mass is 230 g/mol. The number of carboxylic acids is 2. The molecule has 92 valence electrons. The molecule has 0 aromatic heterocycles. The summed E-state index contributed by atoms with van der Waals surface area (Å²) < 4.78 is 0. The standard InChI is InChI=1S/C10H18N2O4/c11-7(9(13)14)6-8(10(15)16)12-4-2-1-3-5-12/h7-8H,1-6,11H2,(H,13,14)(H,15,16)/t7-,8-/m1/s1. The van der Waals surface area contributed by atoms with Crippen LogP contribution in [0.5, 0.6) is 0 Å². The fourth-order valence-corrected chi connectivity index (χ4v) is 1.98. The van der Waals surface area contributed by atoms with Gasteiger partial charge in [0.15, 0.2) is 0 Å². The van der Waals surface area contributed by atoms with Crippen molar-refractivity contribution in [3.63, 3.8) is 0 Å². The van der Waals surface area contributed by atoms with E-state index in [0.29, 0.717) is 13.1 Å². The molecule has 16 heavy (non-hydrogen) atoms. The minimum atomic E-state index is -1.15. The molecule has 6 nitrogen and oxygen atoms in total. The van der Waals surface area contributed by atoms with E-state index in [-0.39, 0.29) is 6.42 Å². The molecule has 0 spiro atoms. The molecule has 0 aromatic rings. The number of hydrogen-bond donors (Lipinski definition) is 3. The second-order valence-electron chi connectivity index (χ2n) is 4.13. The maximum Gasteiger partial charge on any atom is 0.320 e. The molecule has 1 rings (SSSR count). The van der Waals surface area contributed by atoms with Crippen molar-refractivity contribution in [2.24, 2.45) is 5.73 Å². The highest BCUT2D eigenvalue weighted by molar-refractivity contribution is 5.77. The van der Waals surface area contributed by atoms with Crippen LogP contribution < -0.4 is 5.73 Å². The molecule has 4 N–H and O–H groups in total. The van der Waals surface area contributed by atoms with E-state index < -0.39 is 24.0 Å². The van der Waals surface area contributed by atoms with Gasteiger partial charge in [0.2, 0.25) is 0 Å². The van der Waals surface area contributed by atoms with E-state index >= 15 is 0 Å². The SMILES string of the molecule is N[C@H](C[C@H](C(=O)O)N1CCCCC1)C(=O)O. The second kappa shape index (κ2) is 5.81. The molecule has 1 aliphatic heterocycles. The molecule has 0 saturated carbocycles. The number of nitrogens with zero attached hydrogens (tertiary/aromatic N) is 1. The van der Waals surface area contributed by atoms with Crippen LogP contribution in [0.3, 0.4) is 0 Å². The molecule has 0 radical (unpaired) electrons. The third-order valence-electron chi connectivity index (χ3n) is 2.91. The Morgan fingerprint density at radius 1 is 1.12 bits per heavy atom. The van der Waals surface area contributed by atoms with Crippen LogP contribution in [0.4, 0.5) is 0 Å². The topological polar surface area (TPSA) is 104 Å². The Kier molecular flexibility index (Phi) is 4.70. The van der Waals surface area contributed by atoms with Crippen molar-refractivity contribution in [1.82, 2.24) is 4.90 Å². The number of rotatable bonds is 5. The Labute approximate surface area is 94.0 Å². The van der Waals surface area contributed by atoms with Crippen molar-refractivity contribution in [3.05, 3.63) is 0 Å². The number of aliphatic carboxylic acids is 2. The zero-order valence-electron chi connectivity index (χ0n) is 9.13. The Bertz CT molecular complexity index is 264. The highest BCUT2D eigenvalue weighted by Crippen LogP contribution is 2.15. The lowest BCUT2D eigenvalue weighted by atomic mass is 10.0. The van der Waals surface area contributed by atoms with Crippen molar-refractivity contribution >= 4 is 11.9 Å². The normalized spacial score (nSPS) is 21.3. The lowest BCUT2D eigenvalue weighted by Gasteiger charge is -2.32. The molecule has 1 saturated heterocycles. The zero-order valence-corrected chi connectivity index (χ0v) is 9.13. The fourth-order valence-electron chi connectivity index (χ4n) is 1.98. The molecule has 0 aliphatic carbocycles. The van der Waals surface area contributed by atoms with Gasteiger partial charge in [-0.15, -0.1) is 0 Å². The van der Waals surface area contributed by atoms with Crippen LogP contribution in [-0.2, 0) is 9.59 Å². The number of nitrogens with two attached hydrogens (primary N) is 1. The third kappa shape index (κ3) is 3.46. The van der Waals surface area contributed by atoms with Crippen molar-refractivity contribution in [2.75, 3.05) is 13.1 Å². The van der Waals surface area contributed by atoms with Gasteiger partial charge in [-0.3, -0.25) is 14.5 Å². The van der Waals surface area contributed by atoms with Gasteiger partial charge < -0.3 is 15.9 Å². The summed E-state index contributed by atoms with van der Waals surface area (Å²) in [4.78, 5) is 23.5. The summed E-state index contributed by atoms with van der Waals surface area (Å²) in [7, 11) is 0. The Morgan fingerprint density at radius 3 is 2.12 bits per heavy atom. The van der Waals surface area contributed by atoms with E-state index in [1.54, 1.807) is 0 Å². The fraction of sp³-hybridized carbons (Fsp3) is 0.800. The average Bonchev–Trinajstić information content (AvgIpc) is 2.26. The van der Waals surface area contributed by atoms with Crippen molar-refractivity contribution in [2.45, 2.75) is 37.8 Å². The molecule has 0 amide bonds. The Balaban J connectivity index is 2.59. The zero-order chi connectivity index (χ0) is 12.1. The number of carbonyl (C=O) groups is 2. The van der Waals surface area contributed by atoms with Crippen molar-refractivity contribution in [1.29, 1.82) is 0 Å². The summed E-state index contributed by atoms with van der Waals surface area (Å²) in [6.07, 6.45) is 3.00. The summed E-state index contributed by atoms with van der Waals surface area (Å²) >= 11 is 0. The van der Waals surface area contributed by atoms with Gasteiger partial charge in [0.05, 0.1) is 0 Å². The van der Waals surface area contributed by atoms with Crippen LogP contribution >= 0.6 is 0 Å². The maximum atomic E-state index is 11.1. The van der Waals surface area contributed by atoms with Crippen LogP contribution in [-0.4, -0.2) is 52.2 Å². The number of likely N-dealkylation sites (tertiary alicyclic amines) is 1. The summed E-state index contributed by atoms with van der Waals surface area (Å²) in [6, 6.07) is -1.88. The average molecular weight is 230 g/mol. The van der Waals surface area contributed by atoms with Crippen LogP contribution in [0.25, 0.3) is 0 Å². The van der Waals surface area contributed by atoms with Gasteiger partial charge in [-0.2, -0.15) is 0 Å². The van der Waals surface area contributed by atoms with Gasteiger partial charge in [-0.1, -0.05) is 6.42 Å². The van der Waals surface area contributed by atoms with Crippen LogP contribution in [0.2, 0.25) is 0 Å². The maximum absolute atomic E-state index is 11.1. The molecular formula is C10H18N2O4. The van der Waals surface area contributed by atoms with Gasteiger partial charge in [-0.05, 0) is 32.4 Å². The molecule has 6 heteroatoms. The van der Waals surface area contributed by atoms with Crippen LogP contribution in [0, 0.1) is 0 Å². The molecule has 0 aromatic carbocycles. The van der Waals surface area contributed by atoms with Gasteiger partial charge in [-0.25, -0.2) is 0 Å². The summed E-state index contributed by atoms with van der Waals surface area (Å²) in [6.45, 7) is 1.42. The summed E-state index contributed by atoms with van der Waals surface area (Å²) in [5.41, 5.74) is 5.37. The predicted molar refractivity (Wildman–Crippen MR) is 57.1 cm³/mol. The van der Waals surface area contributed by atoms with Crippen molar-refractivity contribution in [3.8, 4) is 0 Å². The van der Waals surface area contributed by atoms with E-state index in [0.717, 1.165) is 19.3 Å². The van der Waals surface area contributed by atoms with Crippen LogP contribution in [0.15, 0.2) is 0 Å². The quantitative estimate of drug-likeness (QED) is 0.600. The summed E-state index contributed by atoms with van der Waals surface area (Å²) in [5, 5.41) is 17.7. The smallest absolute Gasteiger partial charge is 0.320 e. The summed E-state index contributed by atoms with van der Waals surface area (Å²) in [5.74, 6) is -2.14. The highest BCUT2D eigenvalue weighted by Gasteiger charge is 2.30. The van der Waals surface area contributed by atoms with E-state index in [4.69, 9.17) is 15.9 Å². The molecule has 1 heterocycles. The van der Waals surface area contributed by atoms with Gasteiger partial charge in [0.25, 0.3) is 0 Å². The van der Waals surface area contributed by atoms with Gasteiger partial charge in [0.1, 0.15) is 12.1 Å². The minimum absolute atomic E-state index is 0.0370. The molecule has 0 unspecified atom stereocenters. The molecule has 1 aliphatic rings. The lowest BCUT2D eigenvalue weighted by Crippen LogP contribution is -2.48. The highest BCUT2D eigenvalue weighted by atomic mass is 16.4. The van der Waals surface area contributed by atoms with E-state index in [2.05, 4.69) is 0 Å². The third-order valence-corrected chi connectivity index (χ3v) is 2.91. The van der Waals surface area contributed by atoms with Gasteiger partial charge >= 0.3 is 11.9 Å². The molecule has 1 fully saturated rings. The number of piperidine rings is 1. The first-order chi connectivity index (χ1) is 7.52. The van der Waals surface area contributed by atoms with E-state index in [1.165, 1.54) is 0 Å².